The Balaban J connectivity index is 0.000000444. The molecule has 2 rings (SSSR count). The molecule has 2 aromatic rings. The van der Waals surface area contributed by atoms with E-state index in [0.29, 0.717) is 0 Å². The third-order valence-electron chi connectivity index (χ3n) is 2.19. The summed E-state index contributed by atoms with van der Waals surface area (Å²) in [6.45, 7) is 0. The molecule has 0 heterocycles. The fraction of sp³-hybridized carbons (Fsp3) is 0. The van der Waals surface area contributed by atoms with E-state index in [4.69, 9.17) is 15.3 Å². The van der Waals surface area contributed by atoms with Crippen molar-refractivity contribution in [3.63, 3.8) is 0 Å². The predicted octanol–water partition coefficient (Wildman–Crippen LogP) is 2.92. The maximum atomic E-state index is 9.30. The number of phenolic OH excluding ortho intramolecular Hbond substituents is 2. The maximum Gasteiger partial charge on any atom is 0.291 e. The monoisotopic (exact) mass is 275 g/mol. The Labute approximate surface area is 115 Å². The molecule has 3 N–H and O–H groups in total. The topological polar surface area (TPSA) is 104 Å². The van der Waals surface area contributed by atoms with Crippen molar-refractivity contribution in [1.29, 1.82) is 0 Å². The van der Waals surface area contributed by atoms with Crippen LogP contribution >= 0.6 is 0 Å². The van der Waals surface area contributed by atoms with Crippen LogP contribution in [0.15, 0.2) is 48.5 Å². The molecule has 0 radical (unpaired) electrons. The second kappa shape index (κ2) is 7.42. The van der Waals surface area contributed by atoms with Gasteiger partial charge in [-0.2, -0.15) is 0 Å². The molecule has 0 aliphatic rings. The standard InChI is InChI=1S/C14H12O2.HNO3/c15-13-8-12(9-14(16)10-13)7-6-11-4-2-1-3-5-11;2-1(3)4/h1-10,15-16H;(H,2,3,4). The molecule has 6 nitrogen and oxygen atoms in total. The van der Waals surface area contributed by atoms with Crippen molar-refractivity contribution in [1.82, 2.24) is 0 Å². The summed E-state index contributed by atoms with van der Waals surface area (Å²) >= 11 is 0. The van der Waals surface area contributed by atoms with Crippen LogP contribution < -0.4 is 0 Å². The van der Waals surface area contributed by atoms with E-state index in [1.807, 2.05) is 42.5 Å². The van der Waals surface area contributed by atoms with Crippen molar-refractivity contribution < 1.29 is 20.5 Å². The lowest BCUT2D eigenvalue weighted by molar-refractivity contribution is -0.742. The van der Waals surface area contributed by atoms with E-state index in [0.717, 1.165) is 11.1 Å². The van der Waals surface area contributed by atoms with Gasteiger partial charge in [0.1, 0.15) is 11.5 Å². The third-order valence-corrected chi connectivity index (χ3v) is 2.19. The van der Waals surface area contributed by atoms with Crippen LogP contribution in [0.25, 0.3) is 12.2 Å². The smallest absolute Gasteiger partial charge is 0.291 e. The second-order valence-electron chi connectivity index (χ2n) is 3.76. The highest BCUT2D eigenvalue weighted by Crippen LogP contribution is 2.21. The first-order valence-corrected chi connectivity index (χ1v) is 5.57. The number of phenols is 2. The lowest BCUT2D eigenvalue weighted by Crippen LogP contribution is -1.81. The quantitative estimate of drug-likeness (QED) is 0.444. The average Bonchev–Trinajstić information content (AvgIpc) is 2.36. The normalized spacial score (nSPS) is 9.80. The van der Waals surface area contributed by atoms with Crippen LogP contribution in [0.2, 0.25) is 0 Å². The van der Waals surface area contributed by atoms with Gasteiger partial charge < -0.3 is 15.4 Å². The summed E-state index contributed by atoms with van der Waals surface area (Å²) in [5.41, 5.74) is 1.84. The summed E-state index contributed by atoms with van der Waals surface area (Å²) in [6.07, 6.45) is 3.77. The van der Waals surface area contributed by atoms with Crippen LogP contribution in [0.4, 0.5) is 0 Å². The molecular formula is C14H13NO5. The van der Waals surface area contributed by atoms with Crippen LogP contribution in [0.1, 0.15) is 11.1 Å². The summed E-state index contributed by atoms with van der Waals surface area (Å²) in [5.74, 6) is 0.125. The molecule has 2 aromatic carbocycles. The highest BCUT2D eigenvalue weighted by molar-refractivity contribution is 5.70. The van der Waals surface area contributed by atoms with Crippen LogP contribution in [0, 0.1) is 10.1 Å². The van der Waals surface area contributed by atoms with Crippen LogP contribution in [0.5, 0.6) is 11.5 Å². The molecular weight excluding hydrogens is 262 g/mol. The zero-order valence-corrected chi connectivity index (χ0v) is 10.4. The summed E-state index contributed by atoms with van der Waals surface area (Å²) in [6, 6.07) is 14.3. The van der Waals surface area contributed by atoms with Gasteiger partial charge >= 0.3 is 0 Å². The van der Waals surface area contributed by atoms with E-state index in [9.17, 15) is 10.2 Å². The molecule has 0 unspecified atom stereocenters. The Kier molecular flexibility index (Phi) is 5.58. The first-order valence-electron chi connectivity index (χ1n) is 5.57. The number of hydrogen-bond donors (Lipinski definition) is 3. The molecule has 0 fully saturated rings. The number of hydrogen-bond acceptors (Lipinski definition) is 4. The molecule has 20 heavy (non-hydrogen) atoms. The molecule has 104 valence electrons. The number of aromatic hydroxyl groups is 2. The van der Waals surface area contributed by atoms with Crippen molar-refractivity contribution >= 4 is 12.2 Å². The van der Waals surface area contributed by atoms with Gasteiger partial charge in [-0.3, -0.25) is 0 Å². The van der Waals surface area contributed by atoms with Crippen molar-refractivity contribution in [2.24, 2.45) is 0 Å². The van der Waals surface area contributed by atoms with E-state index in [2.05, 4.69) is 0 Å². The maximum absolute atomic E-state index is 9.30. The summed E-state index contributed by atoms with van der Waals surface area (Å²) in [5, 5.41) is 32.2. The molecule has 0 bridgehead atoms. The SMILES string of the molecule is O=[N+]([O-])O.Oc1cc(O)cc(C=Cc2ccccc2)c1. The first-order chi connectivity index (χ1) is 9.47. The van der Waals surface area contributed by atoms with Crippen LogP contribution in [-0.4, -0.2) is 20.5 Å². The Morgan fingerprint density at radius 1 is 0.900 bits per heavy atom. The van der Waals surface area contributed by atoms with Gasteiger partial charge in [-0.15, -0.1) is 10.1 Å². The van der Waals surface area contributed by atoms with Crippen LogP contribution in [-0.2, 0) is 0 Å². The highest BCUT2D eigenvalue weighted by Gasteiger charge is 1.95. The van der Waals surface area contributed by atoms with Crippen molar-refractivity contribution in [3.05, 3.63) is 69.8 Å². The minimum absolute atomic E-state index is 0.0627. The van der Waals surface area contributed by atoms with Gasteiger partial charge in [0.15, 0.2) is 0 Å². The number of benzene rings is 2. The zero-order valence-electron chi connectivity index (χ0n) is 10.4. The first kappa shape index (κ1) is 15.0. The molecule has 0 saturated heterocycles. The van der Waals surface area contributed by atoms with Gasteiger partial charge in [0.25, 0.3) is 5.09 Å². The fourth-order valence-corrected chi connectivity index (χ4v) is 1.47. The van der Waals surface area contributed by atoms with Gasteiger partial charge in [-0.25, -0.2) is 0 Å². The summed E-state index contributed by atoms with van der Waals surface area (Å²) in [4.78, 5) is 8.36. The Morgan fingerprint density at radius 3 is 1.85 bits per heavy atom. The zero-order chi connectivity index (χ0) is 15.0. The van der Waals surface area contributed by atoms with Gasteiger partial charge in [0.2, 0.25) is 0 Å². The third kappa shape index (κ3) is 6.06. The fourth-order valence-electron chi connectivity index (χ4n) is 1.47. The van der Waals surface area contributed by atoms with E-state index < -0.39 is 5.09 Å². The number of nitrogens with zero attached hydrogens (tertiary/aromatic N) is 1. The van der Waals surface area contributed by atoms with E-state index >= 15 is 0 Å². The van der Waals surface area contributed by atoms with Crippen molar-refractivity contribution in [3.8, 4) is 11.5 Å². The Bertz CT molecular complexity index is 572. The molecule has 0 saturated carbocycles. The minimum Gasteiger partial charge on any atom is -0.508 e. The van der Waals surface area contributed by atoms with Gasteiger partial charge in [-0.05, 0) is 23.3 Å². The predicted molar refractivity (Wildman–Crippen MR) is 73.9 cm³/mol. The second-order valence-corrected chi connectivity index (χ2v) is 3.76. The number of rotatable bonds is 2. The molecule has 0 aliphatic carbocycles. The summed E-state index contributed by atoms with van der Waals surface area (Å²) in [7, 11) is 0. The van der Waals surface area contributed by atoms with Crippen molar-refractivity contribution in [2.75, 3.05) is 0 Å². The van der Waals surface area contributed by atoms with Gasteiger partial charge in [-0.1, -0.05) is 42.5 Å². The van der Waals surface area contributed by atoms with E-state index in [-0.39, 0.29) is 11.5 Å². The summed E-state index contributed by atoms with van der Waals surface area (Å²) < 4.78 is 0. The van der Waals surface area contributed by atoms with Crippen molar-refractivity contribution in [2.45, 2.75) is 0 Å². The highest BCUT2D eigenvalue weighted by atomic mass is 16.9. The van der Waals surface area contributed by atoms with Crippen LogP contribution in [0.3, 0.4) is 0 Å². The average molecular weight is 275 g/mol. The Morgan fingerprint density at radius 2 is 1.35 bits per heavy atom. The van der Waals surface area contributed by atoms with Gasteiger partial charge in [0.05, 0.1) is 0 Å². The lowest BCUT2D eigenvalue weighted by Gasteiger charge is -1.98. The Hall–Kier alpha value is -3.02. The molecule has 0 atom stereocenters. The molecule has 6 heteroatoms. The largest absolute Gasteiger partial charge is 0.508 e. The molecule has 0 aliphatic heterocycles. The van der Waals surface area contributed by atoms with Gasteiger partial charge in [0, 0.05) is 6.07 Å². The van der Waals surface area contributed by atoms with E-state index in [1.54, 1.807) is 12.1 Å². The molecule has 0 spiro atoms. The lowest BCUT2D eigenvalue weighted by atomic mass is 10.1. The molecule has 0 aromatic heterocycles. The minimum atomic E-state index is -1.50. The van der Waals surface area contributed by atoms with E-state index in [1.165, 1.54) is 6.07 Å². The molecule has 0 amide bonds.